The van der Waals surface area contributed by atoms with Crippen molar-refractivity contribution >= 4 is 0 Å². The van der Waals surface area contributed by atoms with Crippen molar-refractivity contribution in [1.82, 2.24) is 0 Å². The van der Waals surface area contributed by atoms with E-state index in [2.05, 4.69) is 34.6 Å². The van der Waals surface area contributed by atoms with E-state index in [-0.39, 0.29) is 1.43 Å². The zero-order valence-electron chi connectivity index (χ0n) is 41.3. The Balaban J connectivity index is 0.0000325. The summed E-state index contributed by atoms with van der Waals surface area (Å²) in [5, 5.41) is 12.5. The topological polar surface area (TPSA) is 20.2 Å². The Bertz CT molecular complexity index is 918. The molecule has 1 nitrogen and oxygen atoms in total. The molecule has 0 unspecified atom stereocenters. The average molecular weight is 796 g/mol. The van der Waals surface area contributed by atoms with Crippen LogP contribution in [-0.4, -0.2) is 5.11 Å². The van der Waals surface area contributed by atoms with Crippen molar-refractivity contribution in [3.63, 3.8) is 0 Å². The Labute approximate surface area is 362 Å². The normalized spacial score (nSPS) is 11.7. The van der Waals surface area contributed by atoms with Crippen LogP contribution in [0.15, 0.2) is 0 Å². The molecule has 57 heavy (non-hydrogen) atoms. The molecular formula is C56H107O+. The fraction of sp³-hybridized carbons (Fsp3) is 0.893. The summed E-state index contributed by atoms with van der Waals surface area (Å²) >= 11 is 0. The molecule has 1 aromatic rings. The fourth-order valence-corrected chi connectivity index (χ4v) is 9.64. The van der Waals surface area contributed by atoms with Gasteiger partial charge in [0.1, 0.15) is 5.75 Å². The molecule has 0 aliphatic carbocycles. The van der Waals surface area contributed by atoms with Gasteiger partial charge >= 0.3 is 1.43 Å². The molecule has 0 heterocycles. The van der Waals surface area contributed by atoms with Gasteiger partial charge in [0.25, 0.3) is 0 Å². The molecule has 0 aliphatic rings. The molecule has 1 N–H and O–H groups in total. The molecule has 0 aromatic heterocycles. The van der Waals surface area contributed by atoms with Crippen LogP contribution in [-0.2, 0) is 32.1 Å². The van der Waals surface area contributed by atoms with Crippen LogP contribution in [0, 0.1) is 0 Å². The van der Waals surface area contributed by atoms with Crippen LogP contribution in [0.3, 0.4) is 0 Å². The minimum atomic E-state index is 0. The van der Waals surface area contributed by atoms with Crippen molar-refractivity contribution in [2.75, 3.05) is 0 Å². The molecule has 0 radical (unpaired) electrons. The van der Waals surface area contributed by atoms with E-state index < -0.39 is 0 Å². The Morgan fingerprint density at radius 2 is 0.351 bits per heavy atom. The smallest absolute Gasteiger partial charge is 0.507 e. The summed E-state index contributed by atoms with van der Waals surface area (Å²) < 4.78 is 0. The van der Waals surface area contributed by atoms with E-state index in [9.17, 15) is 5.11 Å². The minimum absolute atomic E-state index is 0. The van der Waals surface area contributed by atoms with Crippen LogP contribution in [0.1, 0.15) is 321 Å². The number of phenolic OH excluding ortho intramolecular Hbond substituents is 1. The van der Waals surface area contributed by atoms with E-state index >= 15 is 0 Å². The summed E-state index contributed by atoms with van der Waals surface area (Å²) in [7, 11) is 0. The molecular weight excluding hydrogens is 689 g/mol. The SMILES string of the molecule is CCCCCCCCCCc1c(O)c(CCCCCCCCCC)c(CCCCCCCCCC)c(CCCCCCCCCC)c1CCCCCCCCCC.[H+]. The maximum atomic E-state index is 12.5. The van der Waals surface area contributed by atoms with Crippen LogP contribution in [0.2, 0.25) is 0 Å². The van der Waals surface area contributed by atoms with Crippen molar-refractivity contribution in [2.24, 2.45) is 0 Å². The van der Waals surface area contributed by atoms with Crippen molar-refractivity contribution in [2.45, 2.75) is 324 Å². The lowest BCUT2D eigenvalue weighted by Gasteiger charge is -2.25. The molecule has 1 heteroatoms. The molecule has 0 saturated carbocycles. The third-order valence-electron chi connectivity index (χ3n) is 13.4. The van der Waals surface area contributed by atoms with Crippen molar-refractivity contribution < 1.29 is 6.53 Å². The number of hydrogen-bond donors (Lipinski definition) is 1. The quantitative estimate of drug-likeness (QED) is 0.0652. The van der Waals surface area contributed by atoms with Crippen LogP contribution in [0.4, 0.5) is 0 Å². The van der Waals surface area contributed by atoms with Crippen LogP contribution in [0.25, 0.3) is 0 Å². The van der Waals surface area contributed by atoms with Gasteiger partial charge in [-0.05, 0) is 92.0 Å². The Kier molecular flexibility index (Phi) is 39.6. The molecule has 0 aliphatic heterocycles. The lowest BCUT2D eigenvalue weighted by molar-refractivity contribution is 0.452. The molecule has 0 amide bonds. The Morgan fingerprint density at radius 1 is 0.211 bits per heavy atom. The highest BCUT2D eigenvalue weighted by atomic mass is 16.3. The predicted molar refractivity (Wildman–Crippen MR) is 261 cm³/mol. The summed E-state index contributed by atoms with van der Waals surface area (Å²) in [5.41, 5.74) is 7.84. The standard InChI is InChI=1S/C56H106O/c1-6-11-16-21-26-31-36-41-46-51-52(47-42-37-32-27-22-17-12-7-2)54(49-44-39-34-29-24-19-14-9-4)56(57)55(50-45-40-35-30-25-20-15-10-5)53(51)48-43-38-33-28-23-18-13-8-3/h57H,6-50H2,1-5H3/p+1. The largest absolute Gasteiger partial charge is 1.00 e. The highest BCUT2D eigenvalue weighted by Crippen LogP contribution is 2.39. The Hall–Kier alpha value is -0.980. The van der Waals surface area contributed by atoms with Gasteiger partial charge in [-0.3, -0.25) is 0 Å². The van der Waals surface area contributed by atoms with Gasteiger partial charge < -0.3 is 5.11 Å². The zero-order chi connectivity index (χ0) is 41.3. The summed E-state index contributed by atoms with van der Waals surface area (Å²) in [4.78, 5) is 0. The summed E-state index contributed by atoms with van der Waals surface area (Å²) in [5.74, 6) is 0.768. The number of benzene rings is 1. The second-order valence-corrected chi connectivity index (χ2v) is 18.9. The van der Waals surface area contributed by atoms with Gasteiger partial charge in [0.15, 0.2) is 0 Å². The first kappa shape index (κ1) is 54.0. The van der Waals surface area contributed by atoms with E-state index in [1.165, 1.54) is 287 Å². The number of rotatable bonds is 45. The van der Waals surface area contributed by atoms with Crippen molar-refractivity contribution in [3.05, 3.63) is 27.8 Å². The monoisotopic (exact) mass is 796 g/mol. The molecule has 0 spiro atoms. The first-order valence-corrected chi connectivity index (χ1v) is 27.0. The van der Waals surface area contributed by atoms with Gasteiger partial charge in [-0.2, -0.15) is 0 Å². The maximum absolute atomic E-state index is 12.5. The van der Waals surface area contributed by atoms with E-state index in [1.54, 1.807) is 16.7 Å². The lowest BCUT2D eigenvalue weighted by Crippen LogP contribution is -2.11. The van der Waals surface area contributed by atoms with Crippen molar-refractivity contribution in [3.8, 4) is 5.75 Å². The third-order valence-corrected chi connectivity index (χ3v) is 13.4. The van der Waals surface area contributed by atoms with Gasteiger partial charge in [0.05, 0.1) is 0 Å². The van der Waals surface area contributed by atoms with Gasteiger partial charge in [0.2, 0.25) is 0 Å². The number of phenols is 1. The van der Waals surface area contributed by atoms with Crippen LogP contribution in [0.5, 0.6) is 5.75 Å². The van der Waals surface area contributed by atoms with E-state index in [0.717, 1.165) is 18.6 Å². The van der Waals surface area contributed by atoms with E-state index in [1.807, 2.05) is 0 Å². The first-order valence-electron chi connectivity index (χ1n) is 27.0. The summed E-state index contributed by atoms with van der Waals surface area (Å²) in [6.45, 7) is 11.6. The lowest BCUT2D eigenvalue weighted by atomic mass is 9.80. The first-order chi connectivity index (χ1) is 28.2. The van der Waals surface area contributed by atoms with Gasteiger partial charge in [0, 0.05) is 0 Å². The fourth-order valence-electron chi connectivity index (χ4n) is 9.64. The van der Waals surface area contributed by atoms with Crippen LogP contribution >= 0.6 is 0 Å². The molecule has 1 aromatic carbocycles. The Morgan fingerprint density at radius 3 is 0.544 bits per heavy atom. The number of aromatic hydroxyl groups is 1. The number of hydrogen-bond acceptors (Lipinski definition) is 1. The molecule has 0 fully saturated rings. The minimum Gasteiger partial charge on any atom is -0.507 e. The maximum Gasteiger partial charge on any atom is 1.00 e. The highest BCUT2D eigenvalue weighted by molar-refractivity contribution is 5.56. The van der Waals surface area contributed by atoms with Crippen LogP contribution < -0.4 is 0 Å². The van der Waals surface area contributed by atoms with Gasteiger partial charge in [-0.1, -0.05) is 259 Å². The van der Waals surface area contributed by atoms with E-state index in [0.29, 0.717) is 0 Å². The van der Waals surface area contributed by atoms with Gasteiger partial charge in [-0.15, -0.1) is 0 Å². The summed E-state index contributed by atoms with van der Waals surface area (Å²) in [6.07, 6.45) is 60.7. The summed E-state index contributed by atoms with van der Waals surface area (Å²) in [6, 6.07) is 0. The number of unbranched alkanes of at least 4 members (excludes halogenated alkanes) is 35. The second kappa shape index (κ2) is 41.7. The molecule has 0 atom stereocenters. The predicted octanol–water partition coefficient (Wildman–Crippen LogP) is 19.9. The average Bonchev–Trinajstić information content (AvgIpc) is 3.22. The van der Waals surface area contributed by atoms with E-state index in [4.69, 9.17) is 0 Å². The molecule has 0 bridgehead atoms. The molecule has 1 rings (SSSR count). The molecule has 336 valence electrons. The molecule has 0 saturated heterocycles. The second-order valence-electron chi connectivity index (χ2n) is 18.9. The van der Waals surface area contributed by atoms with Gasteiger partial charge in [-0.25, -0.2) is 0 Å². The highest BCUT2D eigenvalue weighted by Gasteiger charge is 2.23. The third kappa shape index (κ3) is 29.0. The zero-order valence-corrected chi connectivity index (χ0v) is 40.3. The van der Waals surface area contributed by atoms with Crippen molar-refractivity contribution in [1.29, 1.82) is 0 Å².